The molecule has 0 unspecified atom stereocenters. The van der Waals surface area contributed by atoms with Crippen molar-refractivity contribution < 1.29 is 9.59 Å². The lowest BCUT2D eigenvalue weighted by molar-refractivity contribution is -0.145. The maximum atomic E-state index is 12.9. The molecule has 9 heteroatoms. The van der Waals surface area contributed by atoms with Gasteiger partial charge < -0.3 is 16.0 Å². The average molecular weight is 411 g/mol. The molecule has 4 N–H and O–H groups in total. The molecule has 1 fully saturated rings. The number of carbonyl (C=O) groups excluding carboxylic acids is 2. The van der Waals surface area contributed by atoms with Gasteiger partial charge in [0.15, 0.2) is 0 Å². The molecule has 150 valence electrons. The molecular formula is C20H22N6O2S. The van der Waals surface area contributed by atoms with Crippen LogP contribution in [-0.4, -0.2) is 38.4 Å². The summed E-state index contributed by atoms with van der Waals surface area (Å²) >= 11 is 1.62. The number of nitrogens with zero attached hydrogens (tertiary/aromatic N) is 3. The quantitative estimate of drug-likeness (QED) is 0.574. The summed E-state index contributed by atoms with van der Waals surface area (Å²) < 4.78 is 0. The lowest BCUT2D eigenvalue weighted by Gasteiger charge is -2.34. The second-order valence-electron chi connectivity index (χ2n) is 7.06. The molecular weight excluding hydrogens is 388 g/mol. The second kappa shape index (κ2) is 8.04. The first-order valence-corrected chi connectivity index (χ1v) is 10.3. The number of hydrogen-bond donors (Lipinski definition) is 3. The summed E-state index contributed by atoms with van der Waals surface area (Å²) in [6, 6.07) is 7.57. The van der Waals surface area contributed by atoms with Gasteiger partial charge in [0.1, 0.15) is 5.82 Å². The summed E-state index contributed by atoms with van der Waals surface area (Å²) in [6.45, 7) is 2.36. The first-order valence-electron chi connectivity index (χ1n) is 9.46. The largest absolute Gasteiger partial charge is 0.383 e. The van der Waals surface area contributed by atoms with Gasteiger partial charge in [-0.2, -0.15) is 5.10 Å². The molecule has 1 saturated heterocycles. The van der Waals surface area contributed by atoms with Crippen LogP contribution >= 0.6 is 11.3 Å². The van der Waals surface area contributed by atoms with E-state index in [1.165, 1.54) is 6.20 Å². The Morgan fingerprint density at radius 3 is 2.93 bits per heavy atom. The van der Waals surface area contributed by atoms with Crippen LogP contribution in [0.15, 0.2) is 36.7 Å². The molecule has 3 aromatic rings. The fourth-order valence-corrected chi connectivity index (χ4v) is 4.64. The number of pyridine rings is 1. The summed E-state index contributed by atoms with van der Waals surface area (Å²) in [6.07, 6.45) is 5.91. The maximum absolute atomic E-state index is 12.9. The first-order chi connectivity index (χ1) is 14.0. The van der Waals surface area contributed by atoms with E-state index in [9.17, 15) is 9.59 Å². The minimum atomic E-state index is -0.659. The molecule has 0 radical (unpaired) electrons. The molecule has 1 aliphatic heterocycles. The number of amides is 2. The topological polar surface area (TPSA) is 117 Å². The van der Waals surface area contributed by atoms with Crippen molar-refractivity contribution in [2.24, 2.45) is 0 Å². The molecule has 0 aliphatic carbocycles. The van der Waals surface area contributed by atoms with E-state index >= 15 is 0 Å². The third-order valence-corrected chi connectivity index (χ3v) is 6.28. The van der Waals surface area contributed by atoms with E-state index in [4.69, 9.17) is 5.73 Å². The van der Waals surface area contributed by atoms with E-state index in [0.717, 1.165) is 40.3 Å². The van der Waals surface area contributed by atoms with Crippen LogP contribution in [0.1, 0.15) is 35.7 Å². The van der Waals surface area contributed by atoms with Gasteiger partial charge in [0.25, 0.3) is 0 Å². The predicted octanol–water partition coefficient (Wildman–Crippen LogP) is 3.12. The van der Waals surface area contributed by atoms with E-state index in [-0.39, 0.29) is 6.04 Å². The van der Waals surface area contributed by atoms with Gasteiger partial charge in [0, 0.05) is 17.6 Å². The van der Waals surface area contributed by atoms with Crippen molar-refractivity contribution in [1.82, 2.24) is 20.1 Å². The third-order valence-electron chi connectivity index (χ3n) is 5.06. The number of anilines is 2. The fraction of sp³-hybridized carbons (Fsp3) is 0.300. The molecule has 0 spiro atoms. The van der Waals surface area contributed by atoms with Crippen molar-refractivity contribution in [2.45, 2.75) is 32.2 Å². The Balaban J connectivity index is 1.51. The lowest BCUT2D eigenvalue weighted by Crippen LogP contribution is -2.44. The minimum Gasteiger partial charge on any atom is -0.383 e. The SMILES string of the molecule is Cc1cc(NC(=O)C(=O)N2CCCC[C@@H]2c2ccc(-c3ccn[nH]3)s2)cnc1N. The molecule has 1 aliphatic rings. The van der Waals surface area contributed by atoms with Gasteiger partial charge in [-0.05, 0) is 56.0 Å². The van der Waals surface area contributed by atoms with E-state index in [0.29, 0.717) is 18.1 Å². The van der Waals surface area contributed by atoms with Crippen molar-refractivity contribution in [2.75, 3.05) is 17.6 Å². The lowest BCUT2D eigenvalue weighted by atomic mass is 10.0. The zero-order chi connectivity index (χ0) is 20.4. The molecule has 0 aromatic carbocycles. The van der Waals surface area contributed by atoms with Crippen LogP contribution in [0.3, 0.4) is 0 Å². The molecule has 2 amide bonds. The highest BCUT2D eigenvalue weighted by atomic mass is 32.1. The van der Waals surface area contributed by atoms with Crippen molar-refractivity contribution in [1.29, 1.82) is 0 Å². The Kier molecular flexibility index (Phi) is 5.30. The molecule has 0 bridgehead atoms. The van der Waals surface area contributed by atoms with Gasteiger partial charge >= 0.3 is 11.8 Å². The number of thiophene rings is 1. The number of H-pyrrole nitrogens is 1. The van der Waals surface area contributed by atoms with Gasteiger partial charge in [-0.15, -0.1) is 11.3 Å². The number of aromatic nitrogens is 3. The molecule has 1 atom stereocenters. The molecule has 4 heterocycles. The monoisotopic (exact) mass is 410 g/mol. The van der Waals surface area contributed by atoms with Gasteiger partial charge in [0.05, 0.1) is 28.5 Å². The Bertz CT molecular complexity index is 1030. The first kappa shape index (κ1) is 19.1. The number of carbonyl (C=O) groups is 2. The molecule has 3 aromatic heterocycles. The highest BCUT2D eigenvalue weighted by Gasteiger charge is 2.32. The van der Waals surface area contributed by atoms with Crippen LogP contribution in [0.2, 0.25) is 0 Å². The van der Waals surface area contributed by atoms with Crippen LogP contribution in [0, 0.1) is 6.92 Å². The number of hydrogen-bond acceptors (Lipinski definition) is 6. The number of nitrogens with two attached hydrogens (primary N) is 1. The smallest absolute Gasteiger partial charge is 0.313 e. The van der Waals surface area contributed by atoms with Crippen molar-refractivity contribution >= 4 is 34.7 Å². The van der Waals surface area contributed by atoms with Crippen LogP contribution in [-0.2, 0) is 9.59 Å². The highest BCUT2D eigenvalue weighted by Crippen LogP contribution is 2.37. The number of rotatable bonds is 3. The standard InChI is InChI=1S/C20H22N6O2S/c1-12-10-13(11-22-18(12)21)24-19(27)20(28)26-9-3-2-4-15(26)17-6-5-16(29-17)14-7-8-23-25-14/h5-8,10-11,15H,2-4,9H2,1H3,(H2,21,22)(H,23,25)(H,24,27)/t15-/m1/s1. The average Bonchev–Trinajstić information content (AvgIpc) is 3.42. The molecule has 29 heavy (non-hydrogen) atoms. The molecule has 4 rings (SSSR count). The highest BCUT2D eigenvalue weighted by molar-refractivity contribution is 7.15. The fourth-order valence-electron chi connectivity index (χ4n) is 3.51. The Morgan fingerprint density at radius 1 is 1.31 bits per heavy atom. The molecule has 0 saturated carbocycles. The van der Waals surface area contributed by atoms with Crippen molar-refractivity contribution in [3.05, 3.63) is 47.1 Å². The van der Waals surface area contributed by atoms with Crippen LogP contribution in [0.25, 0.3) is 10.6 Å². The Labute approximate surface area is 172 Å². The van der Waals surface area contributed by atoms with Gasteiger partial charge in [-0.25, -0.2) is 4.98 Å². The second-order valence-corrected chi connectivity index (χ2v) is 8.18. The van der Waals surface area contributed by atoms with Crippen LogP contribution in [0.4, 0.5) is 11.5 Å². The summed E-state index contributed by atoms with van der Waals surface area (Å²) in [7, 11) is 0. The van der Waals surface area contributed by atoms with Gasteiger partial charge in [-0.3, -0.25) is 14.7 Å². The van der Waals surface area contributed by atoms with E-state index in [1.807, 2.05) is 18.2 Å². The van der Waals surface area contributed by atoms with Gasteiger partial charge in [-0.1, -0.05) is 0 Å². The van der Waals surface area contributed by atoms with Crippen LogP contribution < -0.4 is 11.1 Å². The Hall–Kier alpha value is -3.20. The molecule has 8 nitrogen and oxygen atoms in total. The van der Waals surface area contributed by atoms with Crippen molar-refractivity contribution in [3.63, 3.8) is 0 Å². The van der Waals surface area contributed by atoms with E-state index < -0.39 is 11.8 Å². The van der Waals surface area contributed by atoms with E-state index in [2.05, 4.69) is 20.5 Å². The number of nitrogens with one attached hydrogen (secondary N) is 2. The number of nitrogen functional groups attached to an aromatic ring is 1. The summed E-state index contributed by atoms with van der Waals surface area (Å²) in [4.78, 5) is 33.4. The number of aromatic amines is 1. The third kappa shape index (κ3) is 4.00. The zero-order valence-electron chi connectivity index (χ0n) is 16.0. The van der Waals surface area contributed by atoms with Crippen LogP contribution in [0.5, 0.6) is 0 Å². The zero-order valence-corrected chi connectivity index (χ0v) is 16.8. The normalized spacial score (nSPS) is 16.6. The van der Waals surface area contributed by atoms with Crippen molar-refractivity contribution in [3.8, 4) is 10.6 Å². The number of piperidine rings is 1. The number of likely N-dealkylation sites (tertiary alicyclic amines) is 1. The Morgan fingerprint density at radius 2 is 2.17 bits per heavy atom. The van der Waals surface area contributed by atoms with Gasteiger partial charge in [0.2, 0.25) is 0 Å². The number of aryl methyl sites for hydroxylation is 1. The maximum Gasteiger partial charge on any atom is 0.313 e. The van der Waals surface area contributed by atoms with E-state index in [1.54, 1.807) is 35.4 Å². The summed E-state index contributed by atoms with van der Waals surface area (Å²) in [5, 5.41) is 9.60. The summed E-state index contributed by atoms with van der Waals surface area (Å²) in [5.74, 6) is -0.787. The minimum absolute atomic E-state index is 0.102. The summed E-state index contributed by atoms with van der Waals surface area (Å²) in [5.41, 5.74) is 7.86. The predicted molar refractivity (Wildman–Crippen MR) is 112 cm³/mol.